The molecule has 0 aliphatic carbocycles. The maximum atomic E-state index is 13.2. The van der Waals surface area contributed by atoms with E-state index in [2.05, 4.69) is 10.6 Å². The number of nitrogens with zero attached hydrogens (tertiary/aromatic N) is 2. The number of rotatable bonds is 7. The van der Waals surface area contributed by atoms with Gasteiger partial charge in [0.1, 0.15) is 6.23 Å². The summed E-state index contributed by atoms with van der Waals surface area (Å²) in [6.45, 7) is 6.68. The summed E-state index contributed by atoms with van der Waals surface area (Å²) in [5.41, 5.74) is 2.32. The number of amides is 2. The highest BCUT2D eigenvalue weighted by Gasteiger charge is 2.38. The first-order chi connectivity index (χ1) is 13.5. The molecule has 0 bridgehead atoms. The Hall–Kier alpha value is -2.01. The van der Waals surface area contributed by atoms with E-state index in [0.29, 0.717) is 24.2 Å². The van der Waals surface area contributed by atoms with Crippen molar-refractivity contribution in [3.8, 4) is 0 Å². The van der Waals surface area contributed by atoms with E-state index in [1.807, 2.05) is 38.1 Å². The molecule has 0 spiro atoms. The lowest BCUT2D eigenvalue weighted by Gasteiger charge is -2.24. The standard InChI is InChI=1S/C19H30N4O5S/c1-13-10-14(2)17(15(3)11-13)29(26,27)23-8-9-28-16(23)12-21-19(25)18(24)20-6-7-22(4)5/h10-11,16H,6-9,12H2,1-5H3,(H,20,24)(H,21,25)/t16-/m0/s1. The maximum absolute atomic E-state index is 13.2. The van der Waals surface area contributed by atoms with Gasteiger partial charge in [-0.2, -0.15) is 4.31 Å². The van der Waals surface area contributed by atoms with Crippen LogP contribution in [0.2, 0.25) is 0 Å². The number of hydrogen-bond acceptors (Lipinski definition) is 6. The molecule has 2 N–H and O–H groups in total. The summed E-state index contributed by atoms with van der Waals surface area (Å²) in [7, 11) is -0.0923. The van der Waals surface area contributed by atoms with Gasteiger partial charge in [0.05, 0.1) is 18.0 Å². The van der Waals surface area contributed by atoms with Gasteiger partial charge in [-0.1, -0.05) is 17.7 Å². The molecule has 10 heteroatoms. The highest BCUT2D eigenvalue weighted by atomic mass is 32.2. The van der Waals surface area contributed by atoms with E-state index in [-0.39, 0.29) is 24.6 Å². The van der Waals surface area contributed by atoms with Crippen LogP contribution >= 0.6 is 0 Å². The average molecular weight is 427 g/mol. The first-order valence-corrected chi connectivity index (χ1v) is 10.9. The highest BCUT2D eigenvalue weighted by Crippen LogP contribution is 2.28. The monoisotopic (exact) mass is 426 g/mol. The summed E-state index contributed by atoms with van der Waals surface area (Å²) < 4.78 is 33.2. The van der Waals surface area contributed by atoms with E-state index in [4.69, 9.17) is 4.74 Å². The summed E-state index contributed by atoms with van der Waals surface area (Å²) >= 11 is 0. The summed E-state index contributed by atoms with van der Waals surface area (Å²) in [6, 6.07) is 3.65. The average Bonchev–Trinajstić information content (AvgIpc) is 3.07. The molecular formula is C19H30N4O5S. The molecule has 1 aliphatic heterocycles. The summed E-state index contributed by atoms with van der Waals surface area (Å²) in [5, 5.41) is 4.97. The fourth-order valence-electron chi connectivity index (χ4n) is 3.37. The van der Waals surface area contributed by atoms with Crippen LogP contribution in [0.25, 0.3) is 0 Å². The van der Waals surface area contributed by atoms with Crippen molar-refractivity contribution in [1.29, 1.82) is 0 Å². The summed E-state index contributed by atoms with van der Waals surface area (Å²) in [6.07, 6.45) is -0.862. The normalized spacial score (nSPS) is 17.5. The molecule has 2 rings (SSSR count). The van der Waals surface area contributed by atoms with Crippen LogP contribution in [0.3, 0.4) is 0 Å². The predicted octanol–water partition coefficient (Wildman–Crippen LogP) is -0.247. The molecule has 162 valence electrons. The lowest BCUT2D eigenvalue weighted by atomic mass is 10.1. The van der Waals surface area contributed by atoms with Crippen LogP contribution in [0.5, 0.6) is 0 Å². The Kier molecular flexibility index (Phi) is 7.75. The summed E-state index contributed by atoms with van der Waals surface area (Å²) in [5.74, 6) is -1.58. The molecule has 29 heavy (non-hydrogen) atoms. The van der Waals surface area contributed by atoms with Crippen molar-refractivity contribution in [2.45, 2.75) is 31.9 Å². The van der Waals surface area contributed by atoms with Crippen LogP contribution in [0.1, 0.15) is 16.7 Å². The van der Waals surface area contributed by atoms with E-state index >= 15 is 0 Å². The Morgan fingerprint density at radius 2 is 1.72 bits per heavy atom. The third-order valence-electron chi connectivity index (χ3n) is 4.60. The van der Waals surface area contributed by atoms with Crippen LogP contribution in [0, 0.1) is 20.8 Å². The fourth-order valence-corrected chi connectivity index (χ4v) is 5.29. The number of benzene rings is 1. The topological polar surface area (TPSA) is 108 Å². The molecule has 2 amide bonds. The van der Waals surface area contributed by atoms with Crippen molar-refractivity contribution >= 4 is 21.8 Å². The molecule has 1 aromatic carbocycles. The Balaban J connectivity index is 2.05. The van der Waals surface area contributed by atoms with Gasteiger partial charge in [-0.3, -0.25) is 9.59 Å². The predicted molar refractivity (Wildman–Crippen MR) is 109 cm³/mol. The Morgan fingerprint density at radius 1 is 1.14 bits per heavy atom. The van der Waals surface area contributed by atoms with Crippen LogP contribution in [0.4, 0.5) is 0 Å². The van der Waals surface area contributed by atoms with Crippen molar-refractivity contribution < 1.29 is 22.7 Å². The second kappa shape index (κ2) is 9.66. The Labute approximate surface area is 172 Å². The minimum Gasteiger partial charge on any atom is -0.359 e. The number of hydrogen-bond donors (Lipinski definition) is 2. The third-order valence-corrected chi connectivity index (χ3v) is 6.80. The van der Waals surface area contributed by atoms with Gasteiger partial charge < -0.3 is 20.3 Å². The van der Waals surface area contributed by atoms with Gasteiger partial charge in [0.2, 0.25) is 10.0 Å². The second-order valence-electron chi connectivity index (χ2n) is 7.44. The SMILES string of the molecule is Cc1cc(C)c(S(=O)(=O)N2CCO[C@H]2CNC(=O)C(=O)NCCN(C)C)c(C)c1. The molecule has 0 radical (unpaired) electrons. The Morgan fingerprint density at radius 3 is 2.31 bits per heavy atom. The maximum Gasteiger partial charge on any atom is 0.309 e. The zero-order chi connectivity index (χ0) is 21.8. The van der Waals surface area contributed by atoms with Gasteiger partial charge in [0, 0.05) is 19.6 Å². The lowest BCUT2D eigenvalue weighted by molar-refractivity contribution is -0.139. The molecule has 0 saturated carbocycles. The van der Waals surface area contributed by atoms with Crippen LogP contribution in [0.15, 0.2) is 17.0 Å². The molecule has 1 atom stereocenters. The first kappa shape index (κ1) is 23.3. The molecule has 9 nitrogen and oxygen atoms in total. The highest BCUT2D eigenvalue weighted by molar-refractivity contribution is 7.89. The number of aryl methyl sites for hydroxylation is 3. The fraction of sp³-hybridized carbons (Fsp3) is 0.579. The minimum atomic E-state index is -3.81. The first-order valence-electron chi connectivity index (χ1n) is 9.46. The molecule has 0 unspecified atom stereocenters. The second-order valence-corrected chi connectivity index (χ2v) is 9.27. The number of ether oxygens (including phenoxy) is 1. The number of carbonyl (C=O) groups excluding carboxylic acids is 2. The molecule has 1 fully saturated rings. The van der Waals surface area contributed by atoms with Crippen LogP contribution in [-0.2, 0) is 24.3 Å². The van der Waals surface area contributed by atoms with E-state index in [1.54, 1.807) is 13.8 Å². The van der Waals surface area contributed by atoms with Gasteiger partial charge in [0.25, 0.3) is 0 Å². The van der Waals surface area contributed by atoms with Gasteiger partial charge in [-0.25, -0.2) is 8.42 Å². The van der Waals surface area contributed by atoms with E-state index in [9.17, 15) is 18.0 Å². The number of nitrogens with one attached hydrogen (secondary N) is 2. The molecule has 1 aromatic rings. The summed E-state index contributed by atoms with van der Waals surface area (Å²) in [4.78, 5) is 26.0. The van der Waals surface area contributed by atoms with Crippen molar-refractivity contribution in [3.63, 3.8) is 0 Å². The smallest absolute Gasteiger partial charge is 0.309 e. The number of likely N-dealkylation sites (N-methyl/N-ethyl adjacent to an activating group) is 1. The molecule has 0 aromatic heterocycles. The molecular weight excluding hydrogens is 396 g/mol. The van der Waals surface area contributed by atoms with E-state index in [1.165, 1.54) is 4.31 Å². The number of carbonyl (C=O) groups is 2. The van der Waals surface area contributed by atoms with Crippen molar-refractivity contribution in [2.24, 2.45) is 0 Å². The minimum absolute atomic E-state index is 0.108. The van der Waals surface area contributed by atoms with Crippen molar-refractivity contribution in [1.82, 2.24) is 19.8 Å². The zero-order valence-corrected chi connectivity index (χ0v) is 18.4. The third kappa shape index (κ3) is 5.75. The van der Waals surface area contributed by atoms with Gasteiger partial charge in [-0.15, -0.1) is 0 Å². The van der Waals surface area contributed by atoms with Gasteiger partial charge >= 0.3 is 11.8 Å². The van der Waals surface area contributed by atoms with Crippen LogP contribution in [-0.4, -0.2) is 82.5 Å². The van der Waals surface area contributed by atoms with Gasteiger partial charge in [-0.05, 0) is 46.0 Å². The van der Waals surface area contributed by atoms with Crippen LogP contribution < -0.4 is 10.6 Å². The van der Waals surface area contributed by atoms with E-state index in [0.717, 1.165) is 5.56 Å². The van der Waals surface area contributed by atoms with Crippen molar-refractivity contribution in [3.05, 3.63) is 28.8 Å². The van der Waals surface area contributed by atoms with Gasteiger partial charge in [0.15, 0.2) is 0 Å². The quantitative estimate of drug-likeness (QED) is 0.583. The Bertz CT molecular complexity index is 846. The molecule has 1 heterocycles. The molecule has 1 saturated heterocycles. The lowest BCUT2D eigenvalue weighted by Crippen LogP contribution is -2.48. The molecule has 1 aliphatic rings. The van der Waals surface area contributed by atoms with E-state index < -0.39 is 28.1 Å². The zero-order valence-electron chi connectivity index (χ0n) is 17.6. The largest absolute Gasteiger partial charge is 0.359 e. The number of sulfonamides is 1. The van der Waals surface area contributed by atoms with Crippen molar-refractivity contribution in [2.75, 3.05) is 46.9 Å².